The maximum absolute atomic E-state index is 12.9. The average molecular weight is 448 g/mol. The molecule has 0 unspecified atom stereocenters. The van der Waals surface area contributed by atoms with Gasteiger partial charge in [-0.2, -0.15) is 0 Å². The van der Waals surface area contributed by atoms with Crippen molar-refractivity contribution >= 4 is 17.6 Å². The number of hydrogen-bond donors (Lipinski definition) is 1. The standard InChI is InChI=1S/C24H20N2O7/c1-29-21-12-17(18(13-22(21)30-2)25-23(27)19-9-6-10-31-19)24(28)32-14-16-11-20(33-26-16)15-7-4-3-5-8-15/h3-13H,14H2,1-2H3,(H,25,27). The van der Waals surface area contributed by atoms with Crippen molar-refractivity contribution in [2.75, 3.05) is 19.5 Å². The molecule has 1 amide bonds. The number of carbonyl (C=O) groups excluding carboxylic acids is 2. The number of nitrogens with zero attached hydrogens (tertiary/aromatic N) is 1. The summed E-state index contributed by atoms with van der Waals surface area (Å²) in [7, 11) is 2.89. The molecule has 2 heterocycles. The van der Waals surface area contributed by atoms with Gasteiger partial charge in [0.05, 0.1) is 31.7 Å². The Morgan fingerprint density at radius 3 is 2.42 bits per heavy atom. The fourth-order valence-electron chi connectivity index (χ4n) is 3.08. The van der Waals surface area contributed by atoms with Gasteiger partial charge in [-0.1, -0.05) is 35.5 Å². The van der Waals surface area contributed by atoms with Crippen LogP contribution < -0.4 is 14.8 Å². The second kappa shape index (κ2) is 9.73. The van der Waals surface area contributed by atoms with Gasteiger partial charge in [0.2, 0.25) is 0 Å². The zero-order chi connectivity index (χ0) is 23.2. The molecule has 0 aliphatic carbocycles. The van der Waals surface area contributed by atoms with Gasteiger partial charge in [-0.15, -0.1) is 0 Å². The Labute approximate surface area is 188 Å². The first-order chi connectivity index (χ1) is 16.1. The number of anilines is 1. The lowest BCUT2D eigenvalue weighted by Gasteiger charge is -2.14. The van der Waals surface area contributed by atoms with Crippen molar-refractivity contribution in [2.24, 2.45) is 0 Å². The van der Waals surface area contributed by atoms with Crippen LogP contribution in [0.4, 0.5) is 5.69 Å². The lowest BCUT2D eigenvalue weighted by atomic mass is 10.1. The molecule has 0 aliphatic rings. The quantitative estimate of drug-likeness (QED) is 0.390. The molecule has 2 aromatic carbocycles. The Balaban J connectivity index is 1.54. The summed E-state index contributed by atoms with van der Waals surface area (Å²) in [6.07, 6.45) is 1.38. The first-order valence-electron chi connectivity index (χ1n) is 9.88. The van der Waals surface area contributed by atoms with Crippen LogP contribution >= 0.6 is 0 Å². The number of ether oxygens (including phenoxy) is 3. The highest BCUT2D eigenvalue weighted by Crippen LogP contribution is 2.34. The van der Waals surface area contributed by atoms with E-state index in [-0.39, 0.29) is 23.6 Å². The Bertz CT molecular complexity index is 1250. The average Bonchev–Trinajstić information content (AvgIpc) is 3.55. The van der Waals surface area contributed by atoms with E-state index < -0.39 is 11.9 Å². The molecule has 2 aromatic heterocycles. The Morgan fingerprint density at radius 2 is 1.73 bits per heavy atom. The number of benzene rings is 2. The number of aromatic nitrogens is 1. The molecule has 0 atom stereocenters. The van der Waals surface area contributed by atoms with E-state index in [9.17, 15) is 9.59 Å². The van der Waals surface area contributed by atoms with Gasteiger partial charge in [0.1, 0.15) is 12.3 Å². The van der Waals surface area contributed by atoms with Crippen LogP contribution in [0.5, 0.6) is 11.5 Å². The third-order valence-electron chi connectivity index (χ3n) is 4.71. The first-order valence-corrected chi connectivity index (χ1v) is 9.88. The largest absolute Gasteiger partial charge is 0.493 e. The van der Waals surface area contributed by atoms with Gasteiger partial charge in [-0.3, -0.25) is 4.79 Å². The summed E-state index contributed by atoms with van der Waals surface area (Å²) in [5.74, 6) is 0.0283. The summed E-state index contributed by atoms with van der Waals surface area (Å²) < 4.78 is 26.4. The van der Waals surface area contributed by atoms with Crippen LogP contribution in [-0.2, 0) is 11.3 Å². The highest BCUT2D eigenvalue weighted by Gasteiger charge is 2.21. The first kappa shape index (κ1) is 21.7. The molecule has 0 fully saturated rings. The molecule has 0 saturated carbocycles. The van der Waals surface area contributed by atoms with Crippen LogP contribution in [0.25, 0.3) is 11.3 Å². The maximum Gasteiger partial charge on any atom is 0.340 e. The third-order valence-corrected chi connectivity index (χ3v) is 4.71. The van der Waals surface area contributed by atoms with Crippen LogP contribution in [0.15, 0.2) is 75.9 Å². The summed E-state index contributed by atoms with van der Waals surface area (Å²) in [5.41, 5.74) is 1.53. The normalized spacial score (nSPS) is 10.5. The molecule has 33 heavy (non-hydrogen) atoms. The van der Waals surface area contributed by atoms with Crippen LogP contribution in [0.1, 0.15) is 26.6 Å². The number of esters is 1. The fraction of sp³-hybridized carbons (Fsp3) is 0.125. The van der Waals surface area contributed by atoms with Gasteiger partial charge in [0, 0.05) is 23.8 Å². The molecule has 0 spiro atoms. The van der Waals surface area contributed by atoms with Gasteiger partial charge in [0.15, 0.2) is 23.0 Å². The van der Waals surface area contributed by atoms with Crippen molar-refractivity contribution in [1.29, 1.82) is 0 Å². The lowest BCUT2D eigenvalue weighted by Crippen LogP contribution is -2.16. The van der Waals surface area contributed by atoms with Crippen molar-refractivity contribution in [3.63, 3.8) is 0 Å². The molecule has 0 saturated heterocycles. The molecular weight excluding hydrogens is 428 g/mol. The van der Waals surface area contributed by atoms with Crippen molar-refractivity contribution in [3.8, 4) is 22.8 Å². The van der Waals surface area contributed by atoms with Gasteiger partial charge >= 0.3 is 5.97 Å². The number of methoxy groups -OCH3 is 2. The predicted molar refractivity (Wildman–Crippen MR) is 117 cm³/mol. The molecule has 0 bridgehead atoms. The Hall–Kier alpha value is -4.53. The summed E-state index contributed by atoms with van der Waals surface area (Å²) in [5, 5.41) is 6.59. The van der Waals surface area contributed by atoms with E-state index >= 15 is 0 Å². The SMILES string of the molecule is COc1cc(NC(=O)c2ccco2)c(C(=O)OCc2cc(-c3ccccc3)on2)cc1OC. The zero-order valence-corrected chi connectivity index (χ0v) is 17.9. The smallest absolute Gasteiger partial charge is 0.340 e. The predicted octanol–water partition coefficient (Wildman–Crippen LogP) is 4.56. The van der Waals surface area contributed by atoms with Crippen molar-refractivity contribution < 1.29 is 32.7 Å². The summed E-state index contributed by atoms with van der Waals surface area (Å²) in [6, 6.07) is 17.1. The highest BCUT2D eigenvalue weighted by atomic mass is 16.5. The van der Waals surface area contributed by atoms with Crippen molar-refractivity contribution in [3.05, 3.63) is 83.9 Å². The summed E-state index contributed by atoms with van der Waals surface area (Å²) in [6.45, 7) is -0.130. The molecule has 9 nitrogen and oxygen atoms in total. The van der Waals surface area contributed by atoms with E-state index in [4.69, 9.17) is 23.2 Å². The minimum atomic E-state index is -0.699. The fourth-order valence-corrected chi connectivity index (χ4v) is 3.08. The van der Waals surface area contributed by atoms with E-state index in [1.807, 2.05) is 30.3 Å². The lowest BCUT2D eigenvalue weighted by molar-refractivity contribution is 0.0465. The number of rotatable bonds is 8. The van der Waals surface area contributed by atoms with Crippen LogP contribution in [-0.4, -0.2) is 31.3 Å². The summed E-state index contributed by atoms with van der Waals surface area (Å²) >= 11 is 0. The Morgan fingerprint density at radius 1 is 0.970 bits per heavy atom. The second-order valence-corrected chi connectivity index (χ2v) is 6.81. The minimum absolute atomic E-state index is 0.0688. The van der Waals surface area contributed by atoms with E-state index in [1.54, 1.807) is 12.1 Å². The Kier molecular flexibility index (Phi) is 6.40. The van der Waals surface area contributed by atoms with Gasteiger partial charge < -0.3 is 28.5 Å². The molecule has 0 radical (unpaired) electrons. The zero-order valence-electron chi connectivity index (χ0n) is 17.9. The van der Waals surface area contributed by atoms with E-state index in [0.29, 0.717) is 23.0 Å². The number of nitrogens with one attached hydrogen (secondary N) is 1. The molecule has 1 N–H and O–H groups in total. The van der Waals surface area contributed by atoms with Gasteiger partial charge in [-0.25, -0.2) is 4.79 Å². The molecule has 168 valence electrons. The number of amides is 1. The van der Waals surface area contributed by atoms with Crippen LogP contribution in [0.2, 0.25) is 0 Å². The topological polar surface area (TPSA) is 113 Å². The van der Waals surface area contributed by atoms with Gasteiger partial charge in [0.25, 0.3) is 5.91 Å². The minimum Gasteiger partial charge on any atom is -0.493 e. The molecule has 9 heteroatoms. The van der Waals surface area contributed by atoms with Gasteiger partial charge in [-0.05, 0) is 12.1 Å². The van der Waals surface area contributed by atoms with Crippen LogP contribution in [0.3, 0.4) is 0 Å². The molecule has 0 aliphatic heterocycles. The molecular formula is C24H20N2O7. The number of hydrogen-bond acceptors (Lipinski definition) is 8. The molecule has 4 rings (SSSR count). The van der Waals surface area contributed by atoms with Crippen molar-refractivity contribution in [2.45, 2.75) is 6.61 Å². The monoisotopic (exact) mass is 448 g/mol. The summed E-state index contributed by atoms with van der Waals surface area (Å²) in [4.78, 5) is 25.4. The van der Waals surface area contributed by atoms with Crippen LogP contribution in [0, 0.1) is 0 Å². The van der Waals surface area contributed by atoms with E-state index in [0.717, 1.165) is 5.56 Å². The van der Waals surface area contributed by atoms with E-state index in [2.05, 4.69) is 10.5 Å². The molecule has 4 aromatic rings. The second-order valence-electron chi connectivity index (χ2n) is 6.81. The maximum atomic E-state index is 12.9. The van der Waals surface area contributed by atoms with Crippen molar-refractivity contribution in [1.82, 2.24) is 5.16 Å². The number of furan rings is 1. The highest BCUT2D eigenvalue weighted by molar-refractivity contribution is 6.07. The third kappa shape index (κ3) is 4.87. The van der Waals surface area contributed by atoms with E-state index in [1.165, 1.54) is 38.7 Å². The number of carbonyl (C=O) groups is 2.